The van der Waals surface area contributed by atoms with Crippen LogP contribution >= 0.6 is 11.6 Å². The molecule has 2 aromatic rings. The fourth-order valence-electron chi connectivity index (χ4n) is 2.44. The number of rotatable bonds is 7. The predicted molar refractivity (Wildman–Crippen MR) is 86.2 cm³/mol. The van der Waals surface area contributed by atoms with Gasteiger partial charge in [0.05, 0.1) is 11.6 Å². The van der Waals surface area contributed by atoms with E-state index in [1.807, 2.05) is 6.92 Å². The van der Waals surface area contributed by atoms with E-state index in [1.54, 1.807) is 10.9 Å². The Morgan fingerprint density at radius 1 is 1.27 bits per heavy atom. The molecule has 0 aliphatic heterocycles. The van der Waals surface area contributed by atoms with Crippen molar-refractivity contribution in [3.05, 3.63) is 34.4 Å². The van der Waals surface area contributed by atoms with Crippen molar-refractivity contribution in [2.75, 3.05) is 7.05 Å². The Morgan fingerprint density at radius 2 is 1.92 bits per heavy atom. The number of carbonyl (C=O) groups excluding carboxylic acids is 1. The van der Waals surface area contributed by atoms with E-state index in [-0.39, 0.29) is 6.54 Å². The van der Waals surface area contributed by atoms with Gasteiger partial charge >= 0.3 is 0 Å². The van der Waals surface area contributed by atoms with Gasteiger partial charge in [-0.15, -0.1) is 0 Å². The molecule has 1 atom stereocenters. The van der Waals surface area contributed by atoms with Gasteiger partial charge in [0.1, 0.15) is 23.1 Å². The quantitative estimate of drug-likeness (QED) is 0.669. The second-order valence-electron chi connectivity index (χ2n) is 5.69. The van der Waals surface area contributed by atoms with Crippen LogP contribution in [-0.2, 0) is 17.9 Å². The van der Waals surface area contributed by atoms with Gasteiger partial charge in [0.15, 0.2) is 0 Å². The Morgan fingerprint density at radius 3 is 2.42 bits per heavy atom. The Bertz CT molecular complexity index is 776. The van der Waals surface area contributed by atoms with Crippen molar-refractivity contribution in [1.29, 1.82) is 0 Å². The minimum absolute atomic E-state index is 0.0436. The first kappa shape index (κ1) is 20.2. The average Bonchev–Trinajstić information content (AvgIpc) is 3.18. The number of hydrogen-bond donors (Lipinski definition) is 0. The highest BCUT2D eigenvalue weighted by Gasteiger charge is 2.28. The number of nitrogens with zero attached hydrogens (tertiary/aromatic N) is 5. The molecule has 0 bridgehead atoms. The van der Waals surface area contributed by atoms with E-state index >= 15 is 0 Å². The van der Waals surface area contributed by atoms with Gasteiger partial charge in [-0.1, -0.05) is 11.6 Å². The van der Waals surface area contributed by atoms with Crippen LogP contribution in [0.1, 0.15) is 49.8 Å². The maximum atomic E-state index is 13.1. The molecule has 0 saturated heterocycles. The van der Waals surface area contributed by atoms with Crippen molar-refractivity contribution in [2.24, 2.45) is 0 Å². The SMILES string of the molecule is CCn1cc(Cl)c(CN(C)C(=O)C(C)n2nc(C(F)F)cc2C(F)F)n1. The van der Waals surface area contributed by atoms with E-state index in [0.29, 0.717) is 28.0 Å². The molecule has 0 aliphatic carbocycles. The van der Waals surface area contributed by atoms with Crippen molar-refractivity contribution in [3.63, 3.8) is 0 Å². The van der Waals surface area contributed by atoms with E-state index in [0.717, 1.165) is 0 Å². The summed E-state index contributed by atoms with van der Waals surface area (Å²) in [7, 11) is 1.44. The number of halogens is 5. The van der Waals surface area contributed by atoms with E-state index in [4.69, 9.17) is 11.6 Å². The number of likely N-dealkylation sites (N-methyl/N-ethyl adjacent to an activating group) is 1. The summed E-state index contributed by atoms with van der Waals surface area (Å²) in [6.45, 7) is 3.82. The van der Waals surface area contributed by atoms with E-state index in [1.165, 1.54) is 18.9 Å². The largest absolute Gasteiger partial charge is 0.338 e. The third-order valence-electron chi connectivity index (χ3n) is 3.83. The molecule has 2 aromatic heterocycles. The van der Waals surface area contributed by atoms with Crippen molar-refractivity contribution in [2.45, 2.75) is 45.8 Å². The molecule has 2 heterocycles. The van der Waals surface area contributed by atoms with Gasteiger partial charge < -0.3 is 4.90 Å². The standard InChI is InChI=1S/C15H18ClF4N5O/c1-4-24-6-9(16)11(21-24)7-23(3)15(26)8(2)25-12(14(19)20)5-10(22-25)13(17)18/h5-6,8,13-14H,4,7H2,1-3H3. The summed E-state index contributed by atoms with van der Waals surface area (Å²) in [6.07, 6.45) is -4.44. The summed E-state index contributed by atoms with van der Waals surface area (Å²) in [6, 6.07) is -0.581. The molecule has 0 radical (unpaired) electrons. The summed E-state index contributed by atoms with van der Waals surface area (Å²) in [5.74, 6) is -0.585. The molecule has 2 rings (SSSR count). The Labute approximate surface area is 152 Å². The molecule has 0 N–H and O–H groups in total. The predicted octanol–water partition coefficient (Wildman–Crippen LogP) is 3.85. The van der Waals surface area contributed by atoms with Crippen LogP contribution in [0.25, 0.3) is 0 Å². The second kappa shape index (κ2) is 8.07. The van der Waals surface area contributed by atoms with Crippen molar-refractivity contribution >= 4 is 17.5 Å². The Hall–Kier alpha value is -2.10. The summed E-state index contributed by atoms with van der Waals surface area (Å²) >= 11 is 6.05. The Kier molecular flexibility index (Phi) is 6.27. The zero-order chi connectivity index (χ0) is 19.6. The van der Waals surface area contributed by atoms with E-state index in [2.05, 4.69) is 10.2 Å². The molecular formula is C15H18ClF4N5O. The van der Waals surface area contributed by atoms with E-state index < -0.39 is 36.2 Å². The highest BCUT2D eigenvalue weighted by molar-refractivity contribution is 6.31. The number of carbonyl (C=O) groups is 1. The van der Waals surface area contributed by atoms with Gasteiger partial charge in [-0.2, -0.15) is 10.2 Å². The third-order valence-corrected chi connectivity index (χ3v) is 4.15. The monoisotopic (exact) mass is 395 g/mol. The summed E-state index contributed by atoms with van der Waals surface area (Å²) in [4.78, 5) is 13.8. The Balaban J connectivity index is 2.21. The molecular weight excluding hydrogens is 378 g/mol. The minimum atomic E-state index is -3.04. The average molecular weight is 396 g/mol. The van der Waals surface area contributed by atoms with Crippen molar-refractivity contribution < 1.29 is 22.4 Å². The summed E-state index contributed by atoms with van der Waals surface area (Å²) in [5.41, 5.74) is -1.09. The zero-order valence-electron chi connectivity index (χ0n) is 14.3. The summed E-state index contributed by atoms with van der Waals surface area (Å²) < 4.78 is 54.0. The summed E-state index contributed by atoms with van der Waals surface area (Å²) in [5, 5.41) is 8.04. The second-order valence-corrected chi connectivity index (χ2v) is 6.10. The first-order valence-corrected chi connectivity index (χ1v) is 8.15. The van der Waals surface area contributed by atoms with Gasteiger partial charge in [-0.05, 0) is 19.9 Å². The lowest BCUT2D eigenvalue weighted by Crippen LogP contribution is -2.34. The topological polar surface area (TPSA) is 56.0 Å². The molecule has 6 nitrogen and oxygen atoms in total. The van der Waals surface area contributed by atoms with Crippen LogP contribution in [0, 0.1) is 0 Å². The lowest BCUT2D eigenvalue weighted by molar-refractivity contribution is -0.134. The van der Waals surface area contributed by atoms with Gasteiger partial charge in [-0.25, -0.2) is 17.6 Å². The number of aryl methyl sites for hydroxylation is 1. The van der Waals surface area contributed by atoms with Crippen LogP contribution < -0.4 is 0 Å². The van der Waals surface area contributed by atoms with Gasteiger partial charge in [0, 0.05) is 19.8 Å². The maximum absolute atomic E-state index is 13.1. The maximum Gasteiger partial charge on any atom is 0.282 e. The van der Waals surface area contributed by atoms with Crippen molar-refractivity contribution in [1.82, 2.24) is 24.5 Å². The lowest BCUT2D eigenvalue weighted by Gasteiger charge is -2.22. The van der Waals surface area contributed by atoms with Crippen LogP contribution in [0.3, 0.4) is 0 Å². The molecule has 144 valence electrons. The van der Waals surface area contributed by atoms with Crippen LogP contribution in [0.5, 0.6) is 0 Å². The fourth-order valence-corrected chi connectivity index (χ4v) is 2.65. The number of amides is 1. The lowest BCUT2D eigenvalue weighted by atomic mass is 10.2. The van der Waals surface area contributed by atoms with Crippen LogP contribution in [0.2, 0.25) is 5.02 Å². The third kappa shape index (κ3) is 4.17. The smallest absolute Gasteiger partial charge is 0.282 e. The number of aromatic nitrogens is 4. The highest BCUT2D eigenvalue weighted by atomic mass is 35.5. The molecule has 0 fully saturated rings. The molecule has 26 heavy (non-hydrogen) atoms. The zero-order valence-corrected chi connectivity index (χ0v) is 15.1. The first-order valence-electron chi connectivity index (χ1n) is 7.78. The van der Waals surface area contributed by atoms with Crippen LogP contribution in [-0.4, -0.2) is 37.4 Å². The first-order chi connectivity index (χ1) is 12.1. The van der Waals surface area contributed by atoms with E-state index in [9.17, 15) is 22.4 Å². The highest BCUT2D eigenvalue weighted by Crippen LogP contribution is 2.28. The molecule has 1 amide bonds. The van der Waals surface area contributed by atoms with Gasteiger partial charge in [0.2, 0.25) is 5.91 Å². The number of hydrogen-bond acceptors (Lipinski definition) is 3. The van der Waals surface area contributed by atoms with Crippen molar-refractivity contribution in [3.8, 4) is 0 Å². The molecule has 0 spiro atoms. The molecule has 1 unspecified atom stereocenters. The molecule has 0 aromatic carbocycles. The fraction of sp³-hybridized carbons (Fsp3) is 0.533. The van der Waals surface area contributed by atoms with Gasteiger partial charge in [0.25, 0.3) is 12.9 Å². The van der Waals surface area contributed by atoms with Gasteiger partial charge in [-0.3, -0.25) is 14.2 Å². The normalized spacial score (nSPS) is 12.8. The molecule has 0 aliphatic rings. The van der Waals surface area contributed by atoms with Crippen LogP contribution in [0.4, 0.5) is 17.6 Å². The minimum Gasteiger partial charge on any atom is -0.338 e. The molecule has 11 heteroatoms. The van der Waals surface area contributed by atoms with Crippen LogP contribution in [0.15, 0.2) is 12.3 Å². The molecule has 0 saturated carbocycles. The number of alkyl halides is 4.